The van der Waals surface area contributed by atoms with E-state index < -0.39 is 0 Å². The summed E-state index contributed by atoms with van der Waals surface area (Å²) in [4.78, 5) is 16.3. The number of phenols is 1. The van der Waals surface area contributed by atoms with Crippen molar-refractivity contribution in [2.45, 2.75) is 26.8 Å². The summed E-state index contributed by atoms with van der Waals surface area (Å²) in [5.41, 5.74) is 6.42. The molecule has 0 saturated carbocycles. The first kappa shape index (κ1) is 22.6. The molecular formula is C27H33N5O2. The first-order valence-corrected chi connectivity index (χ1v) is 12.3. The lowest BCUT2D eigenvalue weighted by atomic mass is 10.0. The van der Waals surface area contributed by atoms with Crippen LogP contribution in [0, 0.1) is 0 Å². The predicted octanol–water partition coefficient (Wildman–Crippen LogP) is 4.22. The molecule has 2 aromatic heterocycles. The van der Waals surface area contributed by atoms with E-state index in [2.05, 4.69) is 57.8 Å². The third-order valence-corrected chi connectivity index (χ3v) is 6.92. The normalized spacial score (nSPS) is 15.7. The van der Waals surface area contributed by atoms with Crippen LogP contribution < -0.4 is 9.80 Å². The molecule has 0 bridgehead atoms. The molecule has 0 spiro atoms. The Bertz CT molecular complexity index is 1130. The SMILES string of the molecule is CCN(CC)Cc1ccc(-c2nc(N3CCOCC3)cc3c2CCN3c2ccncc2)cc1O. The number of aromatic nitrogens is 2. The van der Waals surface area contributed by atoms with Gasteiger partial charge < -0.3 is 19.6 Å². The molecule has 2 aliphatic rings. The smallest absolute Gasteiger partial charge is 0.131 e. The molecule has 2 aliphatic heterocycles. The van der Waals surface area contributed by atoms with Crippen molar-refractivity contribution in [2.24, 2.45) is 0 Å². The molecule has 1 aromatic carbocycles. The molecule has 7 nitrogen and oxygen atoms in total. The fourth-order valence-electron chi connectivity index (χ4n) is 4.89. The molecule has 34 heavy (non-hydrogen) atoms. The van der Waals surface area contributed by atoms with Crippen LogP contribution in [0.1, 0.15) is 25.0 Å². The lowest BCUT2D eigenvalue weighted by Gasteiger charge is -2.29. The second-order valence-electron chi connectivity index (χ2n) is 8.84. The van der Waals surface area contributed by atoms with Crippen LogP contribution in [0.4, 0.5) is 17.2 Å². The maximum absolute atomic E-state index is 10.9. The van der Waals surface area contributed by atoms with Crippen molar-refractivity contribution in [3.63, 3.8) is 0 Å². The Hall–Kier alpha value is -3.16. The van der Waals surface area contributed by atoms with Crippen LogP contribution >= 0.6 is 0 Å². The number of hydrogen-bond acceptors (Lipinski definition) is 7. The quantitative estimate of drug-likeness (QED) is 0.567. The Kier molecular flexibility index (Phi) is 6.65. The predicted molar refractivity (Wildman–Crippen MR) is 136 cm³/mol. The summed E-state index contributed by atoms with van der Waals surface area (Å²) < 4.78 is 5.57. The maximum Gasteiger partial charge on any atom is 0.131 e. The van der Waals surface area contributed by atoms with Crippen molar-refractivity contribution < 1.29 is 9.84 Å². The highest BCUT2D eigenvalue weighted by Gasteiger charge is 2.27. The zero-order valence-corrected chi connectivity index (χ0v) is 20.1. The van der Waals surface area contributed by atoms with Gasteiger partial charge in [-0.2, -0.15) is 0 Å². The monoisotopic (exact) mass is 459 g/mol. The molecule has 1 N–H and O–H groups in total. The highest BCUT2D eigenvalue weighted by atomic mass is 16.5. The number of morpholine rings is 1. The Labute approximate surface area is 201 Å². The average Bonchev–Trinajstić information content (AvgIpc) is 3.32. The average molecular weight is 460 g/mol. The van der Waals surface area contributed by atoms with Crippen molar-refractivity contribution in [1.29, 1.82) is 0 Å². The van der Waals surface area contributed by atoms with Gasteiger partial charge in [0.25, 0.3) is 0 Å². The van der Waals surface area contributed by atoms with Gasteiger partial charge in [-0.05, 0) is 37.7 Å². The minimum Gasteiger partial charge on any atom is -0.508 e. The molecule has 178 valence electrons. The molecule has 3 aromatic rings. The number of fused-ring (bicyclic) bond motifs is 1. The molecule has 4 heterocycles. The Balaban J connectivity index is 1.57. The number of rotatable bonds is 7. The first-order valence-electron chi connectivity index (χ1n) is 12.3. The highest BCUT2D eigenvalue weighted by molar-refractivity contribution is 5.81. The van der Waals surface area contributed by atoms with Gasteiger partial charge in [-0.15, -0.1) is 0 Å². The van der Waals surface area contributed by atoms with Crippen molar-refractivity contribution in [3.8, 4) is 17.0 Å². The van der Waals surface area contributed by atoms with Gasteiger partial charge in [-0.25, -0.2) is 4.98 Å². The molecular weight excluding hydrogens is 426 g/mol. The van der Waals surface area contributed by atoms with Crippen molar-refractivity contribution in [2.75, 3.05) is 55.7 Å². The van der Waals surface area contributed by atoms with Crippen LogP contribution in [0.3, 0.4) is 0 Å². The summed E-state index contributed by atoms with van der Waals surface area (Å²) in [6.45, 7) is 10.9. The summed E-state index contributed by atoms with van der Waals surface area (Å²) in [5, 5.41) is 10.9. The van der Waals surface area contributed by atoms with E-state index >= 15 is 0 Å². The summed E-state index contributed by atoms with van der Waals surface area (Å²) in [6, 6.07) is 12.4. The van der Waals surface area contributed by atoms with E-state index in [4.69, 9.17) is 9.72 Å². The lowest BCUT2D eigenvalue weighted by molar-refractivity contribution is 0.122. The van der Waals surface area contributed by atoms with Gasteiger partial charge in [0.1, 0.15) is 11.6 Å². The summed E-state index contributed by atoms with van der Waals surface area (Å²) in [6.07, 6.45) is 4.58. The molecule has 1 saturated heterocycles. The van der Waals surface area contributed by atoms with Gasteiger partial charge in [0.15, 0.2) is 0 Å². The highest BCUT2D eigenvalue weighted by Crippen LogP contribution is 2.42. The van der Waals surface area contributed by atoms with Gasteiger partial charge in [-0.3, -0.25) is 9.88 Å². The van der Waals surface area contributed by atoms with E-state index in [1.54, 1.807) is 0 Å². The van der Waals surface area contributed by atoms with E-state index in [0.29, 0.717) is 19.0 Å². The molecule has 0 amide bonds. The van der Waals surface area contributed by atoms with Crippen molar-refractivity contribution in [3.05, 3.63) is 59.9 Å². The number of nitrogens with zero attached hydrogens (tertiary/aromatic N) is 5. The van der Waals surface area contributed by atoms with Crippen LogP contribution in [0.25, 0.3) is 11.3 Å². The van der Waals surface area contributed by atoms with Crippen LogP contribution in [0.2, 0.25) is 0 Å². The molecule has 7 heteroatoms. The number of ether oxygens (including phenoxy) is 1. The van der Waals surface area contributed by atoms with E-state index in [1.807, 2.05) is 24.5 Å². The second-order valence-corrected chi connectivity index (χ2v) is 8.84. The standard InChI is InChI=1S/C27H33N5O2/c1-3-30(4-2)19-21-6-5-20(17-25(21)33)27-23-9-12-32(22-7-10-28-11-8-22)24(23)18-26(29-27)31-13-15-34-16-14-31/h5-8,10-11,17-18,33H,3-4,9,12-16,19H2,1-2H3. The molecule has 0 atom stereocenters. The number of phenolic OH excluding ortho intramolecular Hbond substituents is 1. The molecule has 0 radical (unpaired) electrons. The van der Waals surface area contributed by atoms with E-state index in [1.165, 1.54) is 11.3 Å². The fraction of sp³-hybridized carbons (Fsp3) is 0.407. The molecule has 1 fully saturated rings. The summed E-state index contributed by atoms with van der Waals surface area (Å²) in [5.74, 6) is 1.30. The lowest BCUT2D eigenvalue weighted by Crippen LogP contribution is -2.36. The number of pyridine rings is 2. The first-order chi connectivity index (χ1) is 16.7. The third-order valence-electron chi connectivity index (χ3n) is 6.92. The van der Waals surface area contributed by atoms with Gasteiger partial charge in [0.2, 0.25) is 0 Å². The van der Waals surface area contributed by atoms with Gasteiger partial charge in [-0.1, -0.05) is 26.0 Å². The van der Waals surface area contributed by atoms with E-state index in [9.17, 15) is 5.11 Å². The Morgan fingerprint density at radius 1 is 1.00 bits per heavy atom. The summed E-state index contributed by atoms with van der Waals surface area (Å²) >= 11 is 0. The van der Waals surface area contributed by atoms with E-state index in [-0.39, 0.29) is 0 Å². The van der Waals surface area contributed by atoms with Crippen molar-refractivity contribution >= 4 is 17.2 Å². The van der Waals surface area contributed by atoms with Crippen LogP contribution in [0.5, 0.6) is 5.75 Å². The molecule has 0 aliphatic carbocycles. The number of aromatic hydroxyl groups is 1. The van der Waals surface area contributed by atoms with Crippen LogP contribution in [-0.2, 0) is 17.7 Å². The zero-order valence-electron chi connectivity index (χ0n) is 20.1. The largest absolute Gasteiger partial charge is 0.508 e. The Morgan fingerprint density at radius 3 is 2.47 bits per heavy atom. The number of benzene rings is 1. The van der Waals surface area contributed by atoms with Gasteiger partial charge in [0.05, 0.1) is 24.6 Å². The van der Waals surface area contributed by atoms with Gasteiger partial charge in [0, 0.05) is 67.0 Å². The number of hydrogen-bond donors (Lipinski definition) is 1. The third kappa shape index (κ3) is 4.45. The molecule has 5 rings (SSSR count). The summed E-state index contributed by atoms with van der Waals surface area (Å²) in [7, 11) is 0. The minimum atomic E-state index is 0.334. The van der Waals surface area contributed by atoms with Crippen LogP contribution in [0.15, 0.2) is 48.8 Å². The van der Waals surface area contributed by atoms with E-state index in [0.717, 1.165) is 74.0 Å². The van der Waals surface area contributed by atoms with Gasteiger partial charge >= 0.3 is 0 Å². The fourth-order valence-corrected chi connectivity index (χ4v) is 4.89. The maximum atomic E-state index is 10.9. The molecule has 0 unspecified atom stereocenters. The van der Waals surface area contributed by atoms with Crippen LogP contribution in [-0.4, -0.2) is 65.9 Å². The zero-order chi connectivity index (χ0) is 23.5. The van der Waals surface area contributed by atoms with Crippen molar-refractivity contribution in [1.82, 2.24) is 14.9 Å². The number of anilines is 3. The second kappa shape index (κ2) is 9.99. The minimum absolute atomic E-state index is 0.334. The topological polar surface area (TPSA) is 65.0 Å². The Morgan fingerprint density at radius 2 is 1.76 bits per heavy atom.